The van der Waals surface area contributed by atoms with E-state index in [-0.39, 0.29) is 24.0 Å². The molecule has 0 amide bonds. The molecule has 1 N–H and O–H groups in total. The Hall–Kier alpha value is -1.46. The summed E-state index contributed by atoms with van der Waals surface area (Å²) in [5, 5.41) is 3.50. The first-order valence-corrected chi connectivity index (χ1v) is 11.8. The van der Waals surface area contributed by atoms with Gasteiger partial charge in [0.15, 0.2) is 17.5 Å². The van der Waals surface area contributed by atoms with Gasteiger partial charge in [-0.2, -0.15) is 0 Å². The Morgan fingerprint density at radius 1 is 1.00 bits per heavy atom. The van der Waals surface area contributed by atoms with Crippen LogP contribution in [0.4, 0.5) is 0 Å². The second kappa shape index (κ2) is 14.7. The van der Waals surface area contributed by atoms with Gasteiger partial charge in [0.05, 0.1) is 27.4 Å². The number of nitrogens with zero attached hydrogens (tertiary/aromatic N) is 3. The van der Waals surface area contributed by atoms with Crippen LogP contribution in [0.2, 0.25) is 0 Å². The summed E-state index contributed by atoms with van der Waals surface area (Å²) in [6.07, 6.45) is 6.61. The van der Waals surface area contributed by atoms with Crippen molar-refractivity contribution in [2.45, 2.75) is 44.8 Å². The van der Waals surface area contributed by atoms with Crippen LogP contribution in [-0.2, 0) is 11.3 Å². The molecule has 2 aliphatic rings. The summed E-state index contributed by atoms with van der Waals surface area (Å²) in [4.78, 5) is 9.27. The van der Waals surface area contributed by atoms with E-state index in [4.69, 9.17) is 18.9 Å². The van der Waals surface area contributed by atoms with Crippen LogP contribution in [0.25, 0.3) is 0 Å². The Balaban J connectivity index is 0.00000385. The Kier molecular flexibility index (Phi) is 12.4. The third-order valence-electron chi connectivity index (χ3n) is 6.27. The maximum Gasteiger partial charge on any atom is 0.203 e. The first kappa shape index (κ1) is 27.8. The van der Waals surface area contributed by atoms with Crippen LogP contribution in [0.5, 0.6) is 17.2 Å². The van der Waals surface area contributed by atoms with E-state index in [1.54, 1.807) is 21.3 Å². The topological polar surface area (TPSA) is 67.8 Å². The number of nitrogens with one attached hydrogen (secondary N) is 1. The zero-order valence-corrected chi connectivity index (χ0v) is 22.9. The van der Waals surface area contributed by atoms with Crippen LogP contribution >= 0.6 is 24.0 Å². The lowest BCUT2D eigenvalue weighted by molar-refractivity contribution is 0.0572. The molecule has 1 aromatic rings. The number of halogens is 1. The molecule has 8 nitrogen and oxygen atoms in total. The number of hydrogen-bond acceptors (Lipinski definition) is 6. The number of methoxy groups -OCH3 is 3. The van der Waals surface area contributed by atoms with Gasteiger partial charge >= 0.3 is 0 Å². The minimum Gasteiger partial charge on any atom is -0.493 e. The quantitative estimate of drug-likeness (QED) is 0.198. The van der Waals surface area contributed by atoms with Gasteiger partial charge in [-0.25, -0.2) is 0 Å². The van der Waals surface area contributed by atoms with Crippen LogP contribution < -0.4 is 19.5 Å². The number of aliphatic imine (C=N–C) groups is 1. The summed E-state index contributed by atoms with van der Waals surface area (Å²) < 4.78 is 22.4. The van der Waals surface area contributed by atoms with E-state index in [0.29, 0.717) is 23.4 Å². The van der Waals surface area contributed by atoms with Crippen LogP contribution in [0.1, 0.15) is 37.7 Å². The van der Waals surface area contributed by atoms with Crippen molar-refractivity contribution in [3.8, 4) is 17.2 Å². The second-order valence-electron chi connectivity index (χ2n) is 8.40. The first-order chi connectivity index (χ1) is 15.7. The molecule has 33 heavy (non-hydrogen) atoms. The average Bonchev–Trinajstić information content (AvgIpc) is 3.35. The molecule has 1 aliphatic carbocycles. The highest BCUT2D eigenvalue weighted by Crippen LogP contribution is 2.38. The normalized spacial score (nSPS) is 17.6. The van der Waals surface area contributed by atoms with E-state index in [1.165, 1.54) is 25.7 Å². The van der Waals surface area contributed by atoms with E-state index in [2.05, 4.69) is 20.1 Å². The first-order valence-electron chi connectivity index (χ1n) is 11.8. The Morgan fingerprint density at radius 2 is 1.64 bits per heavy atom. The molecule has 3 rings (SSSR count). The highest BCUT2D eigenvalue weighted by molar-refractivity contribution is 14.0. The van der Waals surface area contributed by atoms with Crippen molar-refractivity contribution >= 4 is 29.9 Å². The molecule has 1 aromatic carbocycles. The van der Waals surface area contributed by atoms with Crippen LogP contribution in [0.3, 0.4) is 0 Å². The molecule has 1 aliphatic heterocycles. The van der Waals surface area contributed by atoms with Crippen LogP contribution in [0.15, 0.2) is 17.1 Å². The molecular formula is C24H41IN4O4. The van der Waals surface area contributed by atoms with E-state index < -0.39 is 0 Å². The molecule has 0 unspecified atom stereocenters. The van der Waals surface area contributed by atoms with Gasteiger partial charge in [0, 0.05) is 52.9 Å². The summed E-state index contributed by atoms with van der Waals surface area (Å²) in [6.45, 7) is 6.41. The fourth-order valence-electron chi connectivity index (χ4n) is 4.51. The van der Waals surface area contributed by atoms with Crippen molar-refractivity contribution in [3.05, 3.63) is 17.7 Å². The molecule has 1 heterocycles. The molecule has 0 bridgehead atoms. The molecular weight excluding hydrogens is 535 g/mol. The zero-order chi connectivity index (χ0) is 22.8. The van der Waals surface area contributed by atoms with Gasteiger partial charge in [-0.15, -0.1) is 24.0 Å². The maximum absolute atomic E-state index is 5.96. The highest BCUT2D eigenvalue weighted by Gasteiger charge is 2.21. The molecule has 0 radical (unpaired) electrons. The monoisotopic (exact) mass is 576 g/mol. The molecule has 2 fully saturated rings. The van der Waals surface area contributed by atoms with E-state index in [1.807, 2.05) is 19.2 Å². The predicted molar refractivity (Wildman–Crippen MR) is 143 cm³/mol. The molecule has 188 valence electrons. The van der Waals surface area contributed by atoms with Crippen molar-refractivity contribution in [1.82, 2.24) is 15.1 Å². The van der Waals surface area contributed by atoms with Crippen molar-refractivity contribution in [1.29, 1.82) is 0 Å². The van der Waals surface area contributed by atoms with Crippen molar-refractivity contribution < 1.29 is 18.9 Å². The fourth-order valence-corrected chi connectivity index (χ4v) is 4.51. The van der Waals surface area contributed by atoms with E-state index >= 15 is 0 Å². The Morgan fingerprint density at radius 3 is 2.18 bits per heavy atom. The number of piperazine rings is 1. The lowest BCUT2D eigenvalue weighted by Gasteiger charge is -2.36. The third kappa shape index (κ3) is 8.06. The smallest absolute Gasteiger partial charge is 0.203 e. The van der Waals surface area contributed by atoms with Gasteiger partial charge < -0.3 is 29.2 Å². The van der Waals surface area contributed by atoms with Crippen molar-refractivity contribution in [2.75, 3.05) is 67.7 Å². The lowest BCUT2D eigenvalue weighted by atomic mass is 10.1. The SMILES string of the molecule is CN=C(NCCCOC1CCCC1)N1CCN(Cc2cc(OC)c(OC)c(OC)c2)CC1.I. The summed E-state index contributed by atoms with van der Waals surface area (Å²) in [7, 11) is 6.79. The highest BCUT2D eigenvalue weighted by atomic mass is 127. The fraction of sp³-hybridized carbons (Fsp3) is 0.708. The van der Waals surface area contributed by atoms with Gasteiger partial charge in [-0.05, 0) is 37.0 Å². The Labute approximate surface area is 216 Å². The number of ether oxygens (including phenoxy) is 4. The number of hydrogen-bond donors (Lipinski definition) is 1. The minimum atomic E-state index is 0. The number of rotatable bonds is 10. The summed E-state index contributed by atoms with van der Waals surface area (Å²) in [6, 6.07) is 4.06. The number of guanidine groups is 1. The van der Waals surface area contributed by atoms with Crippen molar-refractivity contribution in [3.63, 3.8) is 0 Å². The van der Waals surface area contributed by atoms with Gasteiger partial charge in [-0.3, -0.25) is 9.89 Å². The zero-order valence-electron chi connectivity index (χ0n) is 20.6. The van der Waals surface area contributed by atoms with Crippen molar-refractivity contribution in [2.24, 2.45) is 4.99 Å². The van der Waals surface area contributed by atoms with E-state index in [9.17, 15) is 0 Å². The minimum absolute atomic E-state index is 0. The standard InChI is InChI=1S/C24H40N4O4.HI/c1-25-24(26-10-7-15-32-20-8-5-6-9-20)28-13-11-27(12-14-28)18-19-16-21(29-2)23(31-4)22(17-19)30-3;/h16-17,20H,5-15,18H2,1-4H3,(H,25,26);1H. The lowest BCUT2D eigenvalue weighted by Crippen LogP contribution is -2.52. The van der Waals surface area contributed by atoms with Gasteiger partial charge in [0.2, 0.25) is 5.75 Å². The molecule has 0 aromatic heterocycles. The largest absolute Gasteiger partial charge is 0.493 e. The summed E-state index contributed by atoms with van der Waals surface area (Å²) in [5.41, 5.74) is 1.15. The molecule has 1 saturated heterocycles. The van der Waals surface area contributed by atoms with Gasteiger partial charge in [0.1, 0.15) is 0 Å². The van der Waals surface area contributed by atoms with Gasteiger partial charge in [-0.1, -0.05) is 12.8 Å². The molecule has 9 heteroatoms. The molecule has 0 spiro atoms. The third-order valence-corrected chi connectivity index (χ3v) is 6.27. The van der Waals surface area contributed by atoms with Gasteiger partial charge in [0.25, 0.3) is 0 Å². The van der Waals surface area contributed by atoms with Crippen LogP contribution in [-0.4, -0.2) is 89.6 Å². The molecule has 1 saturated carbocycles. The van der Waals surface area contributed by atoms with Crippen LogP contribution in [0, 0.1) is 0 Å². The Bertz CT molecular complexity index is 710. The summed E-state index contributed by atoms with van der Waals surface area (Å²) in [5.74, 6) is 3.01. The number of benzene rings is 1. The average molecular weight is 577 g/mol. The maximum atomic E-state index is 5.96. The molecule has 0 atom stereocenters. The van der Waals surface area contributed by atoms with E-state index in [0.717, 1.165) is 63.8 Å². The summed E-state index contributed by atoms with van der Waals surface area (Å²) >= 11 is 0. The second-order valence-corrected chi connectivity index (χ2v) is 8.40. The predicted octanol–water partition coefficient (Wildman–Crippen LogP) is 3.37.